The van der Waals surface area contributed by atoms with Gasteiger partial charge in [0.25, 0.3) is 0 Å². The van der Waals surface area contributed by atoms with Crippen molar-refractivity contribution >= 4 is 23.5 Å². The predicted octanol–water partition coefficient (Wildman–Crippen LogP) is 5.11. The van der Waals surface area contributed by atoms with Crippen LogP contribution in [0.2, 0.25) is 0 Å². The van der Waals surface area contributed by atoms with Crippen LogP contribution in [0.3, 0.4) is 0 Å². The fraction of sp³-hybridized carbons (Fsp3) is 0.167. The first-order valence-electron chi connectivity index (χ1n) is 10.0. The van der Waals surface area contributed by atoms with Crippen molar-refractivity contribution in [1.82, 2.24) is 5.43 Å². The normalized spacial score (nSPS) is 27.1. The maximum Gasteiger partial charge on any atom is 0.219 e. The molecule has 2 aromatic carbocycles. The van der Waals surface area contributed by atoms with E-state index in [1.807, 2.05) is 49.4 Å². The van der Waals surface area contributed by atoms with Gasteiger partial charge in [-0.1, -0.05) is 42.5 Å². The molecule has 0 bridgehead atoms. The summed E-state index contributed by atoms with van der Waals surface area (Å²) in [5.41, 5.74) is 8.22. The summed E-state index contributed by atoms with van der Waals surface area (Å²) < 4.78 is 6.47. The second-order valence-electron chi connectivity index (χ2n) is 7.94. The Balaban J connectivity index is 1.13. The molecule has 3 heterocycles. The van der Waals surface area contributed by atoms with E-state index < -0.39 is 0 Å². The van der Waals surface area contributed by atoms with E-state index in [0.717, 1.165) is 40.8 Å². The summed E-state index contributed by atoms with van der Waals surface area (Å²) in [6.45, 7) is 0. The van der Waals surface area contributed by atoms with Crippen molar-refractivity contribution in [3.63, 3.8) is 0 Å². The second-order valence-corrected chi connectivity index (χ2v) is 7.94. The van der Waals surface area contributed by atoms with Crippen LogP contribution in [0.1, 0.15) is 24.3 Å². The first-order valence-corrected chi connectivity index (χ1v) is 10.0. The number of nitrogens with zero attached hydrogens (tertiary/aromatic N) is 3. The Labute approximate surface area is 168 Å². The van der Waals surface area contributed by atoms with Crippen LogP contribution in [0, 0.1) is 0 Å². The zero-order chi connectivity index (χ0) is 19.3. The Morgan fingerprint density at radius 1 is 1.00 bits per heavy atom. The van der Waals surface area contributed by atoms with Gasteiger partial charge < -0.3 is 4.42 Å². The van der Waals surface area contributed by atoms with Crippen molar-refractivity contribution in [2.45, 2.75) is 24.8 Å². The minimum Gasteiger partial charge on any atom is -0.456 e. The highest BCUT2D eigenvalue weighted by Gasteiger charge is 2.41. The Bertz CT molecular complexity index is 1160. The fourth-order valence-electron chi connectivity index (χ4n) is 4.39. The third-order valence-electron chi connectivity index (χ3n) is 6.10. The van der Waals surface area contributed by atoms with Gasteiger partial charge in [-0.25, -0.2) is 4.99 Å². The Morgan fingerprint density at radius 3 is 2.72 bits per heavy atom. The molecular weight excluding hydrogens is 360 g/mol. The van der Waals surface area contributed by atoms with Gasteiger partial charge in [-0.15, -0.1) is 10.0 Å². The summed E-state index contributed by atoms with van der Waals surface area (Å²) in [4.78, 5) is 8.52. The molecule has 3 aliphatic rings. The zero-order valence-electron chi connectivity index (χ0n) is 15.9. The maximum absolute atomic E-state index is 5.99. The lowest BCUT2D eigenvalue weighted by molar-refractivity contribution is -0.788. The van der Waals surface area contributed by atoms with Crippen LogP contribution in [0.5, 0.6) is 0 Å². The lowest BCUT2D eigenvalue weighted by atomic mass is 9.76. The smallest absolute Gasteiger partial charge is 0.219 e. The summed E-state index contributed by atoms with van der Waals surface area (Å²) >= 11 is 0. The van der Waals surface area contributed by atoms with Gasteiger partial charge in [0.15, 0.2) is 5.70 Å². The van der Waals surface area contributed by atoms with E-state index in [2.05, 4.69) is 51.8 Å². The number of allylic oxidation sites excluding steroid dienone is 1. The first kappa shape index (κ1) is 16.7. The molecule has 5 heteroatoms. The van der Waals surface area contributed by atoms with Gasteiger partial charge in [-0.3, -0.25) is 4.99 Å². The quantitative estimate of drug-likeness (QED) is 0.639. The average Bonchev–Trinajstić information content (AvgIpc) is 3.35. The molecule has 1 atom stereocenters. The van der Waals surface area contributed by atoms with Crippen molar-refractivity contribution in [1.29, 1.82) is 0 Å². The molecule has 142 valence electrons. The van der Waals surface area contributed by atoms with Crippen LogP contribution in [0.4, 0.5) is 0 Å². The van der Waals surface area contributed by atoms with Gasteiger partial charge in [-0.05, 0) is 36.5 Å². The molecule has 6 rings (SSSR count). The van der Waals surface area contributed by atoms with Crippen molar-refractivity contribution < 1.29 is 9.01 Å². The molecule has 1 saturated carbocycles. The van der Waals surface area contributed by atoms with E-state index in [1.165, 1.54) is 5.56 Å². The minimum atomic E-state index is 0.458. The van der Waals surface area contributed by atoms with Gasteiger partial charge in [-0.2, -0.15) is 0 Å². The largest absolute Gasteiger partial charge is 0.456 e. The van der Waals surface area contributed by atoms with E-state index in [1.54, 1.807) is 0 Å². The van der Waals surface area contributed by atoms with Crippen LogP contribution >= 0.6 is 0 Å². The number of furan rings is 1. The number of rotatable bonds is 4. The third kappa shape index (κ3) is 2.78. The lowest BCUT2D eigenvalue weighted by Crippen LogP contribution is -2.58. The van der Waals surface area contributed by atoms with Crippen LogP contribution in [-0.4, -0.2) is 23.2 Å². The highest BCUT2D eigenvalue weighted by molar-refractivity contribution is 5.83. The average molecular weight is 381 g/mol. The molecule has 5 nitrogen and oxygen atoms in total. The number of fused-ring (bicyclic) bond motifs is 2. The molecule has 1 N–H and O–H groups in total. The number of hydrogen-bond acceptors (Lipinski definition) is 4. The van der Waals surface area contributed by atoms with Gasteiger partial charge in [0.2, 0.25) is 6.34 Å². The van der Waals surface area contributed by atoms with Crippen LogP contribution in [0.25, 0.3) is 22.3 Å². The number of benzene rings is 2. The number of quaternary nitrogens is 1. The Kier molecular flexibility index (Phi) is 3.66. The fourth-order valence-corrected chi connectivity index (χ4v) is 4.39. The molecular formula is C24H21N4O+. The van der Waals surface area contributed by atoms with E-state index in [-0.39, 0.29) is 0 Å². The number of aliphatic imine (C=N–C) groups is 2. The van der Waals surface area contributed by atoms with Crippen molar-refractivity contribution in [2.24, 2.45) is 9.98 Å². The van der Waals surface area contributed by atoms with Crippen LogP contribution in [0.15, 0.2) is 93.3 Å². The van der Waals surface area contributed by atoms with Crippen molar-refractivity contribution in [3.05, 3.63) is 84.5 Å². The van der Waals surface area contributed by atoms with Crippen LogP contribution in [-0.2, 0) is 0 Å². The van der Waals surface area contributed by atoms with Gasteiger partial charge in [0.05, 0.1) is 24.7 Å². The number of hydrogen-bond donors (Lipinski definition) is 1. The summed E-state index contributed by atoms with van der Waals surface area (Å²) in [6, 6.07) is 19.5. The van der Waals surface area contributed by atoms with Gasteiger partial charge in [0, 0.05) is 10.9 Å². The van der Waals surface area contributed by atoms with Gasteiger partial charge >= 0.3 is 0 Å². The molecule has 0 amide bonds. The van der Waals surface area contributed by atoms with E-state index >= 15 is 0 Å². The Morgan fingerprint density at radius 2 is 1.86 bits per heavy atom. The van der Waals surface area contributed by atoms with Crippen LogP contribution < -0.4 is 5.43 Å². The topological polar surface area (TPSA) is 49.9 Å². The second kappa shape index (κ2) is 6.37. The SMILES string of the molecule is C1=C[N+]2(NC3CC(c4ccc(-c5cc6ccccc6o5)cc4)C3)C=NC=C2C=N1. The third-order valence-corrected chi connectivity index (χ3v) is 6.10. The van der Waals surface area contributed by atoms with Crippen molar-refractivity contribution in [2.75, 3.05) is 0 Å². The molecule has 2 aliphatic heterocycles. The predicted molar refractivity (Wildman–Crippen MR) is 115 cm³/mol. The molecule has 3 aromatic rings. The maximum atomic E-state index is 5.99. The summed E-state index contributed by atoms with van der Waals surface area (Å²) in [5.74, 6) is 1.51. The highest BCUT2D eigenvalue weighted by Crippen LogP contribution is 2.39. The summed E-state index contributed by atoms with van der Waals surface area (Å²) in [7, 11) is 0. The summed E-state index contributed by atoms with van der Waals surface area (Å²) in [5, 5.41) is 1.14. The monoisotopic (exact) mass is 381 g/mol. The molecule has 1 aliphatic carbocycles. The molecule has 0 radical (unpaired) electrons. The standard InChI is InChI=1S/C24H21N4O/c1-2-4-23-19(3-1)13-24(29-23)18-7-5-17(6-8-18)20-11-21(12-20)27-28-10-9-25-14-22(28)15-26-16-28/h1-10,13-16,20-21,27H,11-12H2/q+1. The first-order chi connectivity index (χ1) is 14.3. The zero-order valence-corrected chi connectivity index (χ0v) is 15.9. The van der Waals surface area contributed by atoms with Gasteiger partial charge in [0.1, 0.15) is 17.5 Å². The van der Waals surface area contributed by atoms with E-state index in [9.17, 15) is 0 Å². The number of nitrogens with one attached hydrogen (secondary N) is 1. The molecule has 1 fully saturated rings. The molecule has 0 saturated heterocycles. The highest BCUT2D eigenvalue weighted by atomic mass is 16.3. The lowest BCUT2D eigenvalue weighted by Gasteiger charge is -2.40. The molecule has 29 heavy (non-hydrogen) atoms. The molecule has 1 aromatic heterocycles. The molecule has 1 unspecified atom stereocenters. The summed E-state index contributed by atoms with van der Waals surface area (Å²) in [6.07, 6.45) is 11.8. The minimum absolute atomic E-state index is 0.458. The van der Waals surface area contributed by atoms with E-state index in [4.69, 9.17) is 4.42 Å². The van der Waals surface area contributed by atoms with E-state index in [0.29, 0.717) is 16.6 Å². The van der Waals surface area contributed by atoms with Crippen molar-refractivity contribution in [3.8, 4) is 11.3 Å². The molecule has 0 spiro atoms. The Hall–Kier alpha value is -3.28. The number of para-hydroxylation sites is 1.